The van der Waals surface area contributed by atoms with E-state index in [4.69, 9.17) is 16.0 Å². The maximum absolute atomic E-state index is 14.2. The molecule has 0 radical (unpaired) electrons. The normalized spacial score (nSPS) is 27.1. The van der Waals surface area contributed by atoms with Crippen molar-refractivity contribution in [3.63, 3.8) is 0 Å². The first kappa shape index (κ1) is 25.5. The predicted molar refractivity (Wildman–Crippen MR) is 137 cm³/mol. The minimum atomic E-state index is -0.802. The summed E-state index contributed by atoms with van der Waals surface area (Å²) in [7, 11) is 0. The van der Waals surface area contributed by atoms with E-state index in [9.17, 15) is 14.4 Å². The van der Waals surface area contributed by atoms with E-state index in [1.807, 2.05) is 32.9 Å². The fourth-order valence-corrected chi connectivity index (χ4v) is 6.16. The van der Waals surface area contributed by atoms with E-state index in [0.717, 1.165) is 37.9 Å². The highest BCUT2D eigenvalue weighted by Gasteiger charge is 2.54. The summed E-state index contributed by atoms with van der Waals surface area (Å²) in [5.74, 6) is -1.86. The number of ketones is 1. The number of nitrogens with zero attached hydrogens (tertiary/aromatic N) is 6. The Kier molecular flexibility index (Phi) is 6.64. The molecule has 2 N–H and O–H groups in total. The molecule has 2 amide bonds. The number of hydrogen-bond donors (Lipinski definition) is 1. The van der Waals surface area contributed by atoms with Gasteiger partial charge in [0.15, 0.2) is 5.78 Å². The number of anilines is 1. The van der Waals surface area contributed by atoms with Gasteiger partial charge in [-0.25, -0.2) is 0 Å². The zero-order chi connectivity index (χ0) is 26.5. The Hall–Kier alpha value is -3.14. The van der Waals surface area contributed by atoms with Crippen molar-refractivity contribution >= 4 is 23.3 Å². The molecule has 3 aliphatic heterocycles. The number of carbonyl (C=O) groups excluding carboxylic acids is 3. The number of hydrogen-bond acceptors (Lipinski definition) is 7. The number of Topliss-reactive ketones (excluding diaryl/α,β-unsaturated/α-hetero) is 1. The largest absolute Gasteiger partial charge is 0.369 e. The SMILES string of the molecule is CC(C)(C)[C@H](C(=O)N1C[C@@H](N=[N+]=[N-])[C@H]2OCC(=O)[C@H]21)c1cc(N2CCN(C3CC3)CC2)ccc1C(N)=O. The molecular weight excluding hydrogens is 474 g/mol. The number of rotatable bonds is 6. The second kappa shape index (κ2) is 9.63. The van der Waals surface area contributed by atoms with E-state index >= 15 is 0 Å². The highest BCUT2D eigenvalue weighted by Crippen LogP contribution is 2.42. The van der Waals surface area contributed by atoms with Gasteiger partial charge in [0, 0.05) is 54.9 Å². The second-order valence-corrected chi connectivity index (χ2v) is 11.6. The topological polar surface area (TPSA) is 145 Å². The summed E-state index contributed by atoms with van der Waals surface area (Å²) in [6.07, 6.45) is 1.90. The third-order valence-electron chi connectivity index (χ3n) is 8.11. The molecule has 1 aromatic rings. The van der Waals surface area contributed by atoms with Gasteiger partial charge in [-0.1, -0.05) is 25.9 Å². The lowest BCUT2D eigenvalue weighted by Gasteiger charge is -2.38. The maximum Gasteiger partial charge on any atom is 0.249 e. The summed E-state index contributed by atoms with van der Waals surface area (Å²) in [6, 6.07) is 4.81. The maximum atomic E-state index is 14.2. The monoisotopic (exact) mass is 509 g/mol. The van der Waals surface area contributed by atoms with E-state index in [2.05, 4.69) is 19.8 Å². The summed E-state index contributed by atoms with van der Waals surface area (Å²) in [6.45, 7) is 9.49. The molecule has 0 aromatic heterocycles. The van der Waals surface area contributed by atoms with Crippen molar-refractivity contribution in [1.29, 1.82) is 0 Å². The van der Waals surface area contributed by atoms with Crippen molar-refractivity contribution in [2.45, 2.75) is 63.8 Å². The minimum absolute atomic E-state index is 0.0886. The van der Waals surface area contributed by atoms with Gasteiger partial charge < -0.3 is 20.3 Å². The molecule has 11 heteroatoms. The number of azide groups is 1. The second-order valence-electron chi connectivity index (χ2n) is 11.6. The first-order valence-electron chi connectivity index (χ1n) is 13.0. The fourth-order valence-electron chi connectivity index (χ4n) is 6.16. The number of primary amides is 1. The predicted octanol–water partition coefficient (Wildman–Crippen LogP) is 2.06. The van der Waals surface area contributed by atoms with Gasteiger partial charge >= 0.3 is 0 Å². The zero-order valence-electron chi connectivity index (χ0n) is 21.7. The van der Waals surface area contributed by atoms with Crippen molar-refractivity contribution in [2.24, 2.45) is 16.3 Å². The van der Waals surface area contributed by atoms with Gasteiger partial charge in [-0.15, -0.1) is 0 Å². The molecule has 198 valence electrons. The van der Waals surface area contributed by atoms with E-state index in [1.165, 1.54) is 17.7 Å². The van der Waals surface area contributed by atoms with E-state index in [0.29, 0.717) is 11.1 Å². The molecule has 11 nitrogen and oxygen atoms in total. The van der Waals surface area contributed by atoms with Crippen LogP contribution in [0.3, 0.4) is 0 Å². The molecule has 0 bridgehead atoms. The summed E-state index contributed by atoms with van der Waals surface area (Å²) >= 11 is 0. The van der Waals surface area contributed by atoms with Crippen LogP contribution in [0.1, 0.15) is 55.5 Å². The Morgan fingerprint density at radius 1 is 1.19 bits per heavy atom. The first-order chi connectivity index (χ1) is 17.6. The highest BCUT2D eigenvalue weighted by atomic mass is 16.5. The molecule has 3 heterocycles. The molecular formula is C26H35N7O4. The molecule has 4 atom stereocenters. The third-order valence-corrected chi connectivity index (χ3v) is 8.11. The Balaban J connectivity index is 1.49. The Morgan fingerprint density at radius 3 is 2.49 bits per heavy atom. The van der Waals surface area contributed by atoms with Gasteiger partial charge in [0.1, 0.15) is 12.6 Å². The van der Waals surface area contributed by atoms with Gasteiger partial charge in [0.25, 0.3) is 0 Å². The van der Waals surface area contributed by atoms with Crippen LogP contribution in [-0.4, -0.2) is 91.0 Å². The van der Waals surface area contributed by atoms with Gasteiger partial charge in [-0.2, -0.15) is 0 Å². The summed E-state index contributed by atoms with van der Waals surface area (Å²) in [5, 5.41) is 3.80. The first-order valence-corrected chi connectivity index (χ1v) is 13.0. The van der Waals surface area contributed by atoms with Crippen molar-refractivity contribution in [1.82, 2.24) is 9.80 Å². The lowest BCUT2D eigenvalue weighted by Crippen LogP contribution is -2.48. The van der Waals surface area contributed by atoms with E-state index in [1.54, 1.807) is 6.07 Å². The van der Waals surface area contributed by atoms with Crippen LogP contribution in [0.25, 0.3) is 10.4 Å². The van der Waals surface area contributed by atoms with Crippen LogP contribution < -0.4 is 10.6 Å². The summed E-state index contributed by atoms with van der Waals surface area (Å²) in [5.41, 5.74) is 16.0. The quantitative estimate of drug-likeness (QED) is 0.353. The number of fused-ring (bicyclic) bond motifs is 1. The van der Waals surface area contributed by atoms with Crippen molar-refractivity contribution < 1.29 is 19.1 Å². The van der Waals surface area contributed by atoms with Crippen LogP contribution >= 0.6 is 0 Å². The van der Waals surface area contributed by atoms with Crippen molar-refractivity contribution in [3.8, 4) is 0 Å². The lowest BCUT2D eigenvalue weighted by molar-refractivity contribution is -0.139. The molecule has 5 rings (SSSR count). The average molecular weight is 510 g/mol. The van der Waals surface area contributed by atoms with E-state index in [-0.39, 0.29) is 24.8 Å². The summed E-state index contributed by atoms with van der Waals surface area (Å²) in [4.78, 5) is 48.7. The number of carbonyl (C=O) groups is 3. The van der Waals surface area contributed by atoms with Crippen molar-refractivity contribution in [3.05, 3.63) is 39.8 Å². The number of piperazine rings is 1. The standard InChI is InChI=1S/C26H35N7O4/c1-26(2,3)21(25(36)33-13-19(29-30-28)23-22(33)20(34)14-37-23)18-12-16(6-7-17(18)24(27)35)32-10-8-31(9-11-32)15-4-5-15/h6-7,12,15,19,21-23H,4-5,8-11,13-14H2,1-3H3,(H2,27,35)/t19-,21+,22-,23-/m1/s1. The molecule has 0 spiro atoms. The van der Waals surface area contributed by atoms with E-state index < -0.39 is 35.4 Å². The Morgan fingerprint density at radius 2 is 1.89 bits per heavy atom. The van der Waals surface area contributed by atoms with Gasteiger partial charge in [-0.3, -0.25) is 19.3 Å². The van der Waals surface area contributed by atoms with Crippen molar-refractivity contribution in [2.75, 3.05) is 44.2 Å². The third kappa shape index (κ3) is 4.79. The smallest absolute Gasteiger partial charge is 0.249 e. The zero-order valence-corrected chi connectivity index (χ0v) is 21.7. The van der Waals surface area contributed by atoms with Crippen LogP contribution in [0.5, 0.6) is 0 Å². The molecule has 0 unspecified atom stereocenters. The van der Waals surface area contributed by atoms with Crippen LogP contribution in [0.15, 0.2) is 23.3 Å². The fraction of sp³-hybridized carbons (Fsp3) is 0.654. The number of amides is 2. The number of nitrogens with two attached hydrogens (primary N) is 1. The van der Waals surface area contributed by atoms with Crippen LogP contribution in [-0.2, 0) is 14.3 Å². The molecule has 1 aliphatic carbocycles. The Labute approximate surface area is 216 Å². The van der Waals surface area contributed by atoms with Gasteiger partial charge in [-0.05, 0) is 47.6 Å². The minimum Gasteiger partial charge on any atom is -0.369 e. The highest BCUT2D eigenvalue weighted by molar-refractivity contribution is 5.99. The summed E-state index contributed by atoms with van der Waals surface area (Å²) < 4.78 is 5.60. The number of ether oxygens (including phenoxy) is 1. The number of likely N-dealkylation sites (tertiary alicyclic amines) is 1. The van der Waals surface area contributed by atoms with Crippen LogP contribution in [0, 0.1) is 5.41 Å². The molecule has 4 fully saturated rings. The number of benzene rings is 1. The Bertz CT molecular complexity index is 1150. The average Bonchev–Trinajstić information content (AvgIpc) is 3.54. The molecule has 3 saturated heterocycles. The molecule has 1 aromatic carbocycles. The molecule has 1 saturated carbocycles. The van der Waals surface area contributed by atoms with Crippen LogP contribution in [0.4, 0.5) is 5.69 Å². The lowest BCUT2D eigenvalue weighted by atomic mass is 9.73. The van der Waals surface area contributed by atoms with Gasteiger partial charge in [0.2, 0.25) is 11.8 Å². The molecule has 37 heavy (non-hydrogen) atoms. The van der Waals surface area contributed by atoms with Gasteiger partial charge in [0.05, 0.1) is 18.1 Å². The van der Waals surface area contributed by atoms with Crippen LogP contribution in [0.2, 0.25) is 0 Å². The molecule has 4 aliphatic rings.